The van der Waals surface area contributed by atoms with E-state index in [2.05, 4.69) is 59.2 Å². The van der Waals surface area contributed by atoms with E-state index in [1.165, 1.54) is 10.1 Å². The van der Waals surface area contributed by atoms with Gasteiger partial charge in [-0.15, -0.1) is 0 Å². The molecular formula is C40H38F3N9O3. The molecule has 1 atom stereocenters. The molecule has 282 valence electrons. The van der Waals surface area contributed by atoms with Gasteiger partial charge in [-0.3, -0.25) is 39.0 Å². The highest BCUT2D eigenvalue weighted by molar-refractivity contribution is 6.27. The number of nitrogens with one attached hydrogen (secondary N) is 1. The Morgan fingerprint density at radius 2 is 1.64 bits per heavy atom. The van der Waals surface area contributed by atoms with E-state index in [4.69, 9.17) is 0 Å². The number of aromatic nitrogens is 4. The number of hydrogen-bond donors (Lipinski definition) is 1. The third-order valence-electron chi connectivity index (χ3n) is 11.2. The lowest BCUT2D eigenvalue weighted by molar-refractivity contribution is -0.141. The lowest BCUT2D eigenvalue weighted by atomic mass is 9.95. The highest BCUT2D eigenvalue weighted by Gasteiger charge is 2.41. The second-order valence-electron chi connectivity index (χ2n) is 14.8. The molecule has 0 radical (unpaired) electrons. The maximum absolute atomic E-state index is 13.5. The number of benzene rings is 3. The molecule has 0 bridgehead atoms. The van der Waals surface area contributed by atoms with E-state index >= 15 is 0 Å². The van der Waals surface area contributed by atoms with Crippen molar-refractivity contribution in [2.45, 2.75) is 51.0 Å². The van der Waals surface area contributed by atoms with Gasteiger partial charge in [-0.05, 0) is 54.0 Å². The topological polar surface area (TPSA) is 120 Å². The summed E-state index contributed by atoms with van der Waals surface area (Å²) in [7, 11) is 0. The number of piperidine rings is 1. The van der Waals surface area contributed by atoms with Gasteiger partial charge in [0.05, 0.1) is 5.69 Å². The van der Waals surface area contributed by atoms with Crippen LogP contribution in [-0.2, 0) is 28.7 Å². The number of carbonyl (C=O) groups is 3. The van der Waals surface area contributed by atoms with Gasteiger partial charge < -0.3 is 4.90 Å². The van der Waals surface area contributed by atoms with Crippen LogP contribution < -0.4 is 15.1 Å². The smallest absolute Gasteiger partial charge is 0.354 e. The number of anilines is 2. The Balaban J connectivity index is 0.788. The zero-order valence-electron chi connectivity index (χ0n) is 30.1. The van der Waals surface area contributed by atoms with Gasteiger partial charge in [0.15, 0.2) is 5.69 Å². The number of imide groups is 1. The molecule has 9 rings (SSSR count). The molecule has 4 aliphatic heterocycles. The minimum absolute atomic E-state index is 0.204. The SMILES string of the molecule is Cc1nc(N2CCN(C3CN(Cc4ccc(Cc5ccc6c7c(cccc57)C(=O)N6C5CCC(=O)NC5=O)cc4)C3)CC2)cc(-n2cnc(C(F)(F)F)c2)n1. The number of alkyl halides is 3. The number of halogens is 3. The molecule has 3 amide bonds. The molecule has 15 heteroatoms. The third-order valence-corrected chi connectivity index (χ3v) is 11.2. The number of nitrogens with zero attached hydrogens (tertiary/aromatic N) is 8. The first-order chi connectivity index (χ1) is 26.5. The molecule has 1 N–H and O–H groups in total. The Bertz CT molecular complexity index is 2330. The van der Waals surface area contributed by atoms with E-state index in [-0.39, 0.29) is 18.2 Å². The summed E-state index contributed by atoms with van der Waals surface area (Å²) in [4.78, 5) is 59.0. The van der Waals surface area contributed by atoms with Crippen molar-refractivity contribution < 1.29 is 27.6 Å². The van der Waals surface area contributed by atoms with Crippen molar-refractivity contribution in [1.29, 1.82) is 0 Å². The first-order valence-electron chi connectivity index (χ1n) is 18.5. The summed E-state index contributed by atoms with van der Waals surface area (Å²) in [5.41, 5.74) is 3.85. The van der Waals surface area contributed by atoms with Crippen molar-refractivity contribution in [2.75, 3.05) is 49.1 Å². The highest BCUT2D eigenvalue weighted by atomic mass is 19.4. The summed E-state index contributed by atoms with van der Waals surface area (Å²) in [5.74, 6) is 0.589. The summed E-state index contributed by atoms with van der Waals surface area (Å²) < 4.78 is 40.6. The monoisotopic (exact) mass is 749 g/mol. The van der Waals surface area contributed by atoms with Crippen LogP contribution >= 0.6 is 0 Å². The molecule has 4 aliphatic rings. The second kappa shape index (κ2) is 13.6. The lowest BCUT2D eigenvalue weighted by Crippen LogP contribution is -2.62. The van der Waals surface area contributed by atoms with Crippen molar-refractivity contribution in [3.63, 3.8) is 0 Å². The summed E-state index contributed by atoms with van der Waals surface area (Å²) in [6, 6.07) is 19.9. The van der Waals surface area contributed by atoms with Gasteiger partial charge in [0.1, 0.15) is 29.8 Å². The van der Waals surface area contributed by atoms with Crippen LogP contribution in [0.5, 0.6) is 0 Å². The van der Waals surface area contributed by atoms with E-state index in [0.717, 1.165) is 80.2 Å². The summed E-state index contributed by atoms with van der Waals surface area (Å²) in [5, 5.41) is 4.23. The number of aryl methyl sites for hydroxylation is 1. The highest BCUT2D eigenvalue weighted by Crippen LogP contribution is 2.41. The van der Waals surface area contributed by atoms with Gasteiger partial charge >= 0.3 is 6.18 Å². The van der Waals surface area contributed by atoms with Crippen molar-refractivity contribution in [2.24, 2.45) is 0 Å². The number of carbonyl (C=O) groups excluding carboxylic acids is 3. The molecule has 6 heterocycles. The Labute approximate surface area is 314 Å². The average Bonchev–Trinajstić information content (AvgIpc) is 3.76. The van der Waals surface area contributed by atoms with Gasteiger partial charge in [-0.1, -0.05) is 42.5 Å². The van der Waals surface area contributed by atoms with Gasteiger partial charge in [-0.25, -0.2) is 15.0 Å². The van der Waals surface area contributed by atoms with Gasteiger partial charge in [0.25, 0.3) is 5.91 Å². The third kappa shape index (κ3) is 6.60. The molecule has 2 aromatic heterocycles. The molecule has 0 spiro atoms. The van der Waals surface area contributed by atoms with E-state index in [1.54, 1.807) is 17.9 Å². The summed E-state index contributed by atoms with van der Waals surface area (Å²) in [6.45, 7) is 7.83. The molecular weight excluding hydrogens is 711 g/mol. The van der Waals surface area contributed by atoms with Gasteiger partial charge in [0.2, 0.25) is 11.8 Å². The van der Waals surface area contributed by atoms with Crippen LogP contribution in [0.25, 0.3) is 16.6 Å². The molecule has 3 aromatic carbocycles. The Kier molecular flexibility index (Phi) is 8.65. The number of rotatable bonds is 8. The van der Waals surface area contributed by atoms with Crippen LogP contribution in [0.1, 0.15) is 51.4 Å². The van der Waals surface area contributed by atoms with E-state index in [1.807, 2.05) is 30.3 Å². The summed E-state index contributed by atoms with van der Waals surface area (Å²) >= 11 is 0. The van der Waals surface area contributed by atoms with Crippen LogP contribution in [0.4, 0.5) is 24.7 Å². The number of likely N-dealkylation sites (tertiary alicyclic amines) is 1. The maximum Gasteiger partial charge on any atom is 0.434 e. The van der Waals surface area contributed by atoms with Gasteiger partial charge in [-0.2, -0.15) is 13.2 Å². The second-order valence-corrected chi connectivity index (χ2v) is 14.8. The first-order valence-corrected chi connectivity index (χ1v) is 18.5. The van der Waals surface area contributed by atoms with Crippen LogP contribution in [-0.4, -0.2) is 98.4 Å². The van der Waals surface area contributed by atoms with Crippen molar-refractivity contribution >= 4 is 40.0 Å². The predicted octanol–water partition coefficient (Wildman–Crippen LogP) is 4.51. The number of hydrogen-bond acceptors (Lipinski definition) is 9. The maximum atomic E-state index is 13.5. The van der Waals surface area contributed by atoms with E-state index in [9.17, 15) is 27.6 Å². The minimum Gasteiger partial charge on any atom is -0.354 e. The zero-order chi connectivity index (χ0) is 38.0. The Morgan fingerprint density at radius 3 is 2.36 bits per heavy atom. The largest absolute Gasteiger partial charge is 0.434 e. The average molecular weight is 750 g/mol. The van der Waals surface area contributed by atoms with E-state index < -0.39 is 23.8 Å². The lowest BCUT2D eigenvalue weighted by Gasteiger charge is -2.48. The van der Waals surface area contributed by atoms with Crippen molar-refractivity contribution in [1.82, 2.24) is 34.6 Å². The van der Waals surface area contributed by atoms with Gasteiger partial charge in [0, 0.05) is 81.5 Å². The Morgan fingerprint density at radius 1 is 0.891 bits per heavy atom. The van der Waals surface area contributed by atoms with Crippen LogP contribution in [0.2, 0.25) is 0 Å². The quantitative estimate of drug-likeness (QED) is 0.229. The molecule has 55 heavy (non-hydrogen) atoms. The number of amides is 3. The fourth-order valence-electron chi connectivity index (χ4n) is 8.34. The first kappa shape index (κ1) is 35.1. The fourth-order valence-corrected chi connectivity index (χ4v) is 8.34. The molecule has 0 aliphatic carbocycles. The number of imidazole rings is 1. The van der Waals surface area contributed by atoms with E-state index in [0.29, 0.717) is 47.6 Å². The Hall–Kier alpha value is -5.67. The molecule has 12 nitrogen and oxygen atoms in total. The molecule has 3 saturated heterocycles. The number of piperazine rings is 1. The van der Waals surface area contributed by atoms with Crippen LogP contribution in [0, 0.1) is 6.92 Å². The zero-order valence-corrected chi connectivity index (χ0v) is 30.1. The normalized spacial score (nSPS) is 19.7. The fraction of sp³-hybridized carbons (Fsp3) is 0.350. The molecule has 0 saturated carbocycles. The molecule has 1 unspecified atom stereocenters. The minimum atomic E-state index is -4.52. The van der Waals surface area contributed by atoms with Crippen LogP contribution in [0.3, 0.4) is 0 Å². The predicted molar refractivity (Wildman–Crippen MR) is 198 cm³/mol. The van der Waals surface area contributed by atoms with Crippen molar-refractivity contribution in [3.05, 3.63) is 107 Å². The molecule has 5 aromatic rings. The summed E-state index contributed by atoms with van der Waals surface area (Å²) in [6.07, 6.45) is -1.24. The molecule has 3 fully saturated rings. The van der Waals surface area contributed by atoms with Crippen molar-refractivity contribution in [3.8, 4) is 5.82 Å². The van der Waals surface area contributed by atoms with Crippen LogP contribution in [0.15, 0.2) is 73.2 Å². The standard InChI is InChI=1S/C40H38F3N9O3/c1-24-45-34(18-35(46-24)51-22-33(44-23-51)40(41,42)43)50-15-13-49(14-16-50)28-20-48(21-28)19-26-7-5-25(6-8-26)17-27-9-10-31-37-29(27)3-2-4-30(37)39(55)52(31)32-11-12-36(53)47-38(32)54/h2-10,18,22-23,28,32H,11-17,19-21H2,1H3,(H,47,53,54).